The lowest BCUT2D eigenvalue weighted by atomic mass is 9.90. The third kappa shape index (κ3) is 11.7. The number of phenolic OH excluding ortho intramolecular Hbond substituents is 2. The molecule has 4 N–H and O–H groups in total. The second-order valence-corrected chi connectivity index (χ2v) is 16.0. The number of fused-ring (bicyclic) bond motifs is 1. The molecule has 1 aromatic rings. The number of benzene rings is 1. The van der Waals surface area contributed by atoms with E-state index in [4.69, 9.17) is 47.4 Å². The molecule has 2 heterocycles. The molecule has 26 heteroatoms. The van der Waals surface area contributed by atoms with E-state index in [-0.39, 0.29) is 23.5 Å². The summed E-state index contributed by atoms with van der Waals surface area (Å²) in [5.41, 5.74) is -5.80. The predicted molar refractivity (Wildman–Crippen MR) is 206 cm³/mol. The molecule has 24 nitrogen and oxygen atoms in total. The van der Waals surface area contributed by atoms with Crippen molar-refractivity contribution in [2.24, 2.45) is 0 Å². The standard InChI is InChI=1S/C38H42O24S2/c1-11(39)53-9-19-29(55-13(3)41)31(57-15(5)43)33(59-17(7)45)37(61-19)63-35-25(49)21-22(24(48)28(52)27(51)23(21)47)26(50)36(35)64-38-34(60-18(8)46)32(58-16(6)44)30(56-14(4)42)20(62-38)10-54-12(2)40/h19-20,29-34,37-38,49-52H,9-10H2,1-8H3. The number of hydrogen-bond donors (Lipinski definition) is 4. The number of aliphatic hydroxyl groups is 2. The van der Waals surface area contributed by atoms with Crippen molar-refractivity contribution in [1.29, 1.82) is 0 Å². The Kier molecular flexibility index (Phi) is 16.6. The van der Waals surface area contributed by atoms with Gasteiger partial charge in [0.15, 0.2) is 36.6 Å². The number of ether oxygens (including phenoxy) is 10. The number of carbonyl (C=O) groups is 10. The molecule has 2 fully saturated rings. The van der Waals surface area contributed by atoms with E-state index in [0.717, 1.165) is 55.4 Å². The van der Waals surface area contributed by atoms with Crippen molar-refractivity contribution in [3.05, 3.63) is 22.6 Å². The lowest BCUT2D eigenvalue weighted by molar-refractivity contribution is -0.237. The Morgan fingerprint density at radius 3 is 0.969 bits per heavy atom. The van der Waals surface area contributed by atoms with Crippen LogP contribution in [0.2, 0.25) is 0 Å². The fourth-order valence-corrected chi connectivity index (χ4v) is 9.26. The fraction of sp³-hybridized carbons (Fsp3) is 0.526. The Hall–Kier alpha value is -6.12. The number of aromatic hydroxyl groups is 2. The van der Waals surface area contributed by atoms with Gasteiger partial charge in [-0.25, -0.2) is 0 Å². The molecule has 0 amide bonds. The van der Waals surface area contributed by atoms with Gasteiger partial charge < -0.3 is 67.8 Å². The highest BCUT2D eigenvalue weighted by Gasteiger charge is 2.55. The molecule has 0 aromatic heterocycles. The molecule has 0 saturated carbocycles. The van der Waals surface area contributed by atoms with Crippen molar-refractivity contribution in [1.82, 2.24) is 0 Å². The number of aliphatic hydroxyl groups excluding tert-OH is 2. The number of allylic oxidation sites excluding steroid dienone is 2. The topological polar surface area (TPSA) is 344 Å². The average Bonchev–Trinajstić information content (AvgIpc) is 3.17. The van der Waals surface area contributed by atoms with E-state index in [2.05, 4.69) is 0 Å². The van der Waals surface area contributed by atoms with Crippen LogP contribution in [0, 0.1) is 0 Å². The van der Waals surface area contributed by atoms with Crippen molar-refractivity contribution < 1.29 is 116 Å². The van der Waals surface area contributed by atoms with Crippen LogP contribution in [-0.2, 0) is 85.7 Å². The van der Waals surface area contributed by atoms with Crippen LogP contribution in [0.4, 0.5) is 0 Å². The van der Waals surface area contributed by atoms with Crippen molar-refractivity contribution in [2.45, 2.75) is 125 Å². The summed E-state index contributed by atoms with van der Waals surface area (Å²) in [5.74, 6) is -16.5. The van der Waals surface area contributed by atoms with Gasteiger partial charge in [0.05, 0.1) is 20.9 Å². The number of Topliss-reactive ketones (excluding diaryl/α,β-unsaturated/α-hetero) is 2. The molecule has 10 unspecified atom stereocenters. The van der Waals surface area contributed by atoms with E-state index in [9.17, 15) is 68.4 Å². The van der Waals surface area contributed by atoms with Gasteiger partial charge in [0, 0.05) is 55.4 Å². The summed E-state index contributed by atoms with van der Waals surface area (Å²) in [6.07, 6.45) is -13.7. The minimum absolute atomic E-state index is 0.275. The number of ketones is 2. The summed E-state index contributed by atoms with van der Waals surface area (Å²) in [6, 6.07) is 0. The second-order valence-electron chi connectivity index (χ2n) is 13.8. The monoisotopic (exact) mass is 946 g/mol. The van der Waals surface area contributed by atoms with E-state index < -0.39 is 176 Å². The first-order valence-corrected chi connectivity index (χ1v) is 20.4. The fourth-order valence-electron chi connectivity index (χ4n) is 6.59. The third-order valence-corrected chi connectivity index (χ3v) is 11.5. The lowest BCUT2D eigenvalue weighted by Crippen LogP contribution is -2.61. The average molecular weight is 947 g/mol. The van der Waals surface area contributed by atoms with Crippen LogP contribution in [0.25, 0.3) is 0 Å². The Balaban J connectivity index is 2.04. The maximum atomic E-state index is 13.5. The second kappa shape index (κ2) is 21.0. The maximum absolute atomic E-state index is 13.5. The minimum atomic E-state index is -1.85. The molecule has 0 spiro atoms. The zero-order chi connectivity index (χ0) is 48.1. The van der Waals surface area contributed by atoms with Gasteiger partial charge in [0.1, 0.15) is 47.8 Å². The highest BCUT2D eigenvalue weighted by Crippen LogP contribution is 2.54. The van der Waals surface area contributed by atoms with Crippen molar-refractivity contribution in [2.75, 3.05) is 13.2 Å². The minimum Gasteiger partial charge on any atom is -0.506 e. The quantitative estimate of drug-likeness (QED) is 0.115. The van der Waals surface area contributed by atoms with Crippen LogP contribution in [0.3, 0.4) is 0 Å². The number of hydrogen-bond acceptors (Lipinski definition) is 26. The van der Waals surface area contributed by atoms with Gasteiger partial charge in [-0.15, -0.1) is 0 Å². The largest absolute Gasteiger partial charge is 0.506 e. The van der Waals surface area contributed by atoms with E-state index in [1.807, 2.05) is 0 Å². The van der Waals surface area contributed by atoms with Gasteiger partial charge >= 0.3 is 47.8 Å². The summed E-state index contributed by atoms with van der Waals surface area (Å²) >= 11 is 0.551. The Morgan fingerprint density at radius 1 is 0.438 bits per heavy atom. The number of rotatable bonds is 14. The molecule has 1 aliphatic carbocycles. The first-order valence-electron chi connectivity index (χ1n) is 18.6. The molecular weight excluding hydrogens is 905 g/mol. The van der Waals surface area contributed by atoms with Crippen LogP contribution in [0.5, 0.6) is 11.5 Å². The zero-order valence-electron chi connectivity index (χ0n) is 35.0. The van der Waals surface area contributed by atoms with Crippen molar-refractivity contribution >= 4 is 82.8 Å². The predicted octanol–water partition coefficient (Wildman–Crippen LogP) is 1.15. The van der Waals surface area contributed by atoms with Crippen molar-refractivity contribution in [3.63, 3.8) is 0 Å². The Labute approximate surface area is 370 Å². The van der Waals surface area contributed by atoms with Crippen molar-refractivity contribution in [3.8, 4) is 11.5 Å². The van der Waals surface area contributed by atoms with Gasteiger partial charge in [-0.05, 0) is 0 Å². The molecule has 350 valence electrons. The van der Waals surface area contributed by atoms with Gasteiger partial charge in [-0.2, -0.15) is 0 Å². The molecule has 2 saturated heterocycles. The van der Waals surface area contributed by atoms with Gasteiger partial charge in [0.2, 0.25) is 23.1 Å². The summed E-state index contributed by atoms with van der Waals surface area (Å²) in [4.78, 5) is 124. The summed E-state index contributed by atoms with van der Waals surface area (Å²) in [5, 5.41) is 44.8. The molecule has 0 bridgehead atoms. The molecule has 1 aromatic carbocycles. The first kappa shape index (κ1) is 50.5. The number of phenols is 2. The van der Waals surface area contributed by atoms with E-state index in [1.165, 1.54) is 0 Å². The molecule has 0 radical (unpaired) electrons. The smallest absolute Gasteiger partial charge is 0.303 e. The van der Waals surface area contributed by atoms with E-state index in [1.54, 1.807) is 0 Å². The van der Waals surface area contributed by atoms with Gasteiger partial charge in [-0.1, -0.05) is 23.5 Å². The molecule has 4 rings (SSSR count). The highest BCUT2D eigenvalue weighted by molar-refractivity contribution is 8.03. The van der Waals surface area contributed by atoms with E-state index in [0.29, 0.717) is 0 Å². The normalized spacial score (nSPS) is 26.4. The summed E-state index contributed by atoms with van der Waals surface area (Å²) in [6.45, 7) is 6.31. The molecular formula is C38H42O24S2. The van der Waals surface area contributed by atoms with Crippen LogP contribution >= 0.6 is 23.5 Å². The third-order valence-electron chi connectivity index (χ3n) is 8.83. The molecule has 2 aliphatic heterocycles. The SMILES string of the molecule is CC(=O)OCC1OC(Sc2c(O)c3c(c(O)c2SC2OC(COC(C)=O)C(OC(C)=O)C(OC(C)=O)C2OC(C)=O)C(=O)C(O)=C(O)C3=O)C(OC(C)=O)C(OC(C)=O)C1OC(C)=O. The number of carbonyl (C=O) groups excluding carboxylic acids is 10. The number of thioether (sulfide) groups is 2. The van der Waals surface area contributed by atoms with Crippen LogP contribution in [0.15, 0.2) is 21.3 Å². The van der Waals surface area contributed by atoms with Crippen LogP contribution < -0.4 is 0 Å². The molecule has 64 heavy (non-hydrogen) atoms. The van der Waals surface area contributed by atoms with Gasteiger partial charge in [-0.3, -0.25) is 47.9 Å². The van der Waals surface area contributed by atoms with Gasteiger partial charge in [0.25, 0.3) is 0 Å². The van der Waals surface area contributed by atoms with E-state index >= 15 is 0 Å². The molecule has 10 atom stereocenters. The molecule has 3 aliphatic rings. The van der Waals surface area contributed by atoms with Crippen LogP contribution in [0.1, 0.15) is 76.1 Å². The maximum Gasteiger partial charge on any atom is 0.303 e. The number of esters is 8. The highest BCUT2D eigenvalue weighted by atomic mass is 32.2. The summed E-state index contributed by atoms with van der Waals surface area (Å²) < 4.78 is 55.2. The van der Waals surface area contributed by atoms with Crippen LogP contribution in [-0.4, -0.2) is 153 Å². The Morgan fingerprint density at radius 2 is 0.703 bits per heavy atom. The zero-order valence-corrected chi connectivity index (χ0v) is 36.6. The summed E-state index contributed by atoms with van der Waals surface area (Å²) in [7, 11) is 0. The lowest BCUT2D eigenvalue weighted by Gasteiger charge is -2.45. The first-order chi connectivity index (χ1) is 29.8. The Bertz CT molecular complexity index is 2000.